The smallest absolute Gasteiger partial charge is 0.161 e. The molecule has 0 aromatic heterocycles. The monoisotopic (exact) mass is 242 g/mol. The Morgan fingerprint density at radius 1 is 1.31 bits per heavy atom. The van der Waals surface area contributed by atoms with E-state index >= 15 is 0 Å². The van der Waals surface area contributed by atoms with E-state index in [0.717, 1.165) is 31.0 Å². The predicted molar refractivity (Wildman–Crippen MR) is 59.5 cm³/mol. The van der Waals surface area contributed by atoms with E-state index in [1.54, 1.807) is 0 Å². The Kier molecular flexibility index (Phi) is 5.43. The number of rotatable bonds is 4. The van der Waals surface area contributed by atoms with Crippen molar-refractivity contribution >= 4 is 0 Å². The van der Waals surface area contributed by atoms with Gasteiger partial charge in [-0.3, -0.25) is 0 Å². The first kappa shape index (κ1) is 13.1. The summed E-state index contributed by atoms with van der Waals surface area (Å²) < 4.78 is 11.4. The summed E-state index contributed by atoms with van der Waals surface area (Å²) in [6.45, 7) is 4.66. The summed E-state index contributed by atoms with van der Waals surface area (Å²) in [5, 5.41) is 3.33. The van der Waals surface area contributed by atoms with Gasteiger partial charge in [0.05, 0.1) is 0 Å². The summed E-state index contributed by atoms with van der Waals surface area (Å²) in [7, 11) is 0. The van der Waals surface area contributed by atoms with Gasteiger partial charge < -0.3 is 27.2 Å². The van der Waals surface area contributed by atoms with Crippen LogP contribution in [0.25, 0.3) is 0 Å². The summed E-state index contributed by atoms with van der Waals surface area (Å²) in [6, 6.07) is 7.80. The van der Waals surface area contributed by atoms with E-state index in [0.29, 0.717) is 6.61 Å². The lowest BCUT2D eigenvalue weighted by atomic mass is 10.2. The zero-order chi connectivity index (χ0) is 10.5. The molecule has 2 rings (SSSR count). The Balaban J connectivity index is 0.00000128. The van der Waals surface area contributed by atoms with E-state index in [2.05, 4.69) is 12.2 Å². The molecule has 1 atom stereocenters. The van der Waals surface area contributed by atoms with Crippen LogP contribution in [0.5, 0.6) is 11.5 Å². The third-order valence-corrected chi connectivity index (χ3v) is 2.37. The molecule has 16 heavy (non-hydrogen) atoms. The van der Waals surface area contributed by atoms with Gasteiger partial charge in [-0.2, -0.15) is 0 Å². The topological polar surface area (TPSA) is 30.5 Å². The van der Waals surface area contributed by atoms with Crippen LogP contribution < -0.4 is 27.2 Å². The average Bonchev–Trinajstić information content (AvgIpc) is 2.29. The number of nitrogens with one attached hydrogen (secondary N) is 1. The second-order valence-corrected chi connectivity index (χ2v) is 3.70. The highest BCUT2D eigenvalue weighted by molar-refractivity contribution is 5.40. The normalized spacial score (nSPS) is 17.7. The first-order valence-corrected chi connectivity index (χ1v) is 5.49. The Morgan fingerprint density at radius 3 is 2.81 bits per heavy atom. The third kappa shape index (κ3) is 3.29. The molecule has 3 nitrogen and oxygen atoms in total. The van der Waals surface area contributed by atoms with Crippen LogP contribution in [0.1, 0.15) is 13.3 Å². The number of halogens is 1. The fourth-order valence-corrected chi connectivity index (χ4v) is 1.60. The number of ether oxygens (including phenoxy) is 2. The number of benzene rings is 1. The van der Waals surface area contributed by atoms with E-state index in [-0.39, 0.29) is 18.5 Å². The Bertz CT molecular complexity index is 320. The fourth-order valence-electron chi connectivity index (χ4n) is 1.60. The van der Waals surface area contributed by atoms with Crippen molar-refractivity contribution in [2.24, 2.45) is 0 Å². The molecule has 1 aromatic carbocycles. The molecule has 0 saturated carbocycles. The number of para-hydroxylation sites is 2. The lowest BCUT2D eigenvalue weighted by molar-refractivity contribution is -0.00000394. The van der Waals surface area contributed by atoms with E-state index in [1.165, 1.54) is 0 Å². The highest BCUT2D eigenvalue weighted by atomic mass is 35.5. The van der Waals surface area contributed by atoms with E-state index in [1.807, 2.05) is 24.3 Å². The molecule has 1 N–H and O–H groups in total. The summed E-state index contributed by atoms with van der Waals surface area (Å²) in [4.78, 5) is 0. The van der Waals surface area contributed by atoms with E-state index in [9.17, 15) is 0 Å². The highest BCUT2D eigenvalue weighted by Crippen LogP contribution is 2.30. The second kappa shape index (κ2) is 6.61. The van der Waals surface area contributed by atoms with Gasteiger partial charge in [0.25, 0.3) is 0 Å². The largest absolute Gasteiger partial charge is 1.00 e. The van der Waals surface area contributed by atoms with Gasteiger partial charge in [0, 0.05) is 6.54 Å². The minimum Gasteiger partial charge on any atom is -1.00 e. The Morgan fingerprint density at radius 2 is 2.06 bits per heavy atom. The van der Waals surface area contributed by atoms with Crippen LogP contribution in [0.4, 0.5) is 0 Å². The van der Waals surface area contributed by atoms with Crippen LogP contribution >= 0.6 is 0 Å². The lowest BCUT2D eigenvalue weighted by Crippen LogP contribution is -3.00. The SMILES string of the molecule is CCCNCC1COc2ccccc2O1.[Cl-]. The van der Waals surface area contributed by atoms with Gasteiger partial charge in [-0.1, -0.05) is 19.1 Å². The maximum Gasteiger partial charge on any atom is 0.161 e. The molecule has 0 bridgehead atoms. The molecular formula is C12H17ClNO2-. The van der Waals surface area contributed by atoms with E-state index in [4.69, 9.17) is 9.47 Å². The molecule has 1 aromatic rings. The highest BCUT2D eigenvalue weighted by Gasteiger charge is 2.19. The van der Waals surface area contributed by atoms with Gasteiger partial charge >= 0.3 is 0 Å². The molecule has 1 heterocycles. The van der Waals surface area contributed by atoms with Gasteiger partial charge in [0.1, 0.15) is 12.7 Å². The van der Waals surface area contributed by atoms with Gasteiger partial charge in [0.15, 0.2) is 11.5 Å². The molecule has 0 aliphatic carbocycles. The maximum absolute atomic E-state index is 5.79. The van der Waals surface area contributed by atoms with Gasteiger partial charge in [-0.25, -0.2) is 0 Å². The first-order chi connectivity index (χ1) is 7.40. The molecule has 0 spiro atoms. The number of fused-ring (bicyclic) bond motifs is 1. The minimum absolute atomic E-state index is 0. The van der Waals surface area contributed by atoms with Gasteiger partial charge in [-0.05, 0) is 25.1 Å². The molecule has 0 radical (unpaired) electrons. The first-order valence-electron chi connectivity index (χ1n) is 5.49. The summed E-state index contributed by atoms with van der Waals surface area (Å²) >= 11 is 0. The van der Waals surface area contributed by atoms with Crippen LogP contribution in [0.15, 0.2) is 24.3 Å². The van der Waals surface area contributed by atoms with Crippen LogP contribution in [0.3, 0.4) is 0 Å². The van der Waals surface area contributed by atoms with Crippen LogP contribution in [0.2, 0.25) is 0 Å². The average molecular weight is 243 g/mol. The Labute approximate surface area is 103 Å². The van der Waals surface area contributed by atoms with Crippen molar-refractivity contribution in [3.8, 4) is 11.5 Å². The van der Waals surface area contributed by atoms with Crippen molar-refractivity contribution in [2.45, 2.75) is 19.4 Å². The lowest BCUT2D eigenvalue weighted by Gasteiger charge is -2.26. The standard InChI is InChI=1S/C12H17NO2.ClH/c1-2-7-13-8-10-9-14-11-5-3-4-6-12(11)15-10;/h3-6,10,13H,2,7-9H2,1H3;1H/p-1. The summed E-state index contributed by atoms with van der Waals surface area (Å²) in [5.41, 5.74) is 0. The van der Waals surface area contributed by atoms with Crippen molar-refractivity contribution in [3.63, 3.8) is 0 Å². The molecule has 1 aliphatic heterocycles. The third-order valence-electron chi connectivity index (χ3n) is 2.37. The van der Waals surface area contributed by atoms with Crippen LogP contribution in [-0.4, -0.2) is 25.8 Å². The van der Waals surface area contributed by atoms with Crippen molar-refractivity contribution in [1.82, 2.24) is 5.32 Å². The maximum atomic E-state index is 5.79. The van der Waals surface area contributed by atoms with Gasteiger partial charge in [0.2, 0.25) is 0 Å². The van der Waals surface area contributed by atoms with Crippen LogP contribution in [-0.2, 0) is 0 Å². The Hall–Kier alpha value is -0.930. The van der Waals surface area contributed by atoms with Gasteiger partial charge in [-0.15, -0.1) is 0 Å². The zero-order valence-corrected chi connectivity index (χ0v) is 10.2. The quantitative estimate of drug-likeness (QED) is 0.675. The number of hydrogen-bond donors (Lipinski definition) is 1. The van der Waals surface area contributed by atoms with Crippen molar-refractivity contribution in [1.29, 1.82) is 0 Å². The van der Waals surface area contributed by atoms with Crippen molar-refractivity contribution < 1.29 is 21.9 Å². The van der Waals surface area contributed by atoms with Crippen molar-refractivity contribution in [2.75, 3.05) is 19.7 Å². The fraction of sp³-hybridized carbons (Fsp3) is 0.500. The van der Waals surface area contributed by atoms with Crippen LogP contribution in [0, 0.1) is 0 Å². The molecule has 0 amide bonds. The zero-order valence-electron chi connectivity index (χ0n) is 9.41. The minimum atomic E-state index is 0. The predicted octanol–water partition coefficient (Wildman–Crippen LogP) is -1.17. The van der Waals surface area contributed by atoms with E-state index < -0.39 is 0 Å². The molecule has 0 saturated heterocycles. The molecular weight excluding hydrogens is 226 g/mol. The second-order valence-electron chi connectivity index (χ2n) is 3.70. The molecule has 1 unspecified atom stereocenters. The molecule has 90 valence electrons. The molecule has 4 heteroatoms. The summed E-state index contributed by atoms with van der Waals surface area (Å²) in [6.07, 6.45) is 1.27. The summed E-state index contributed by atoms with van der Waals surface area (Å²) in [5.74, 6) is 1.70. The number of hydrogen-bond acceptors (Lipinski definition) is 3. The molecule has 1 aliphatic rings. The van der Waals surface area contributed by atoms with Crippen molar-refractivity contribution in [3.05, 3.63) is 24.3 Å². The molecule has 0 fully saturated rings.